The van der Waals surface area contributed by atoms with Crippen LogP contribution in [0.4, 0.5) is 0 Å². The molecular formula is C27H25N3O3. The fourth-order valence-electron chi connectivity index (χ4n) is 3.31. The lowest BCUT2D eigenvalue weighted by atomic mass is 10.1. The van der Waals surface area contributed by atoms with Crippen molar-refractivity contribution in [2.24, 2.45) is 0 Å². The van der Waals surface area contributed by atoms with Crippen molar-refractivity contribution in [3.05, 3.63) is 102 Å². The summed E-state index contributed by atoms with van der Waals surface area (Å²) in [6.45, 7) is 4.01. The van der Waals surface area contributed by atoms with Crippen LogP contribution in [-0.4, -0.2) is 23.0 Å². The highest BCUT2D eigenvalue weighted by Gasteiger charge is 2.12. The van der Waals surface area contributed by atoms with Crippen LogP contribution in [0.25, 0.3) is 11.4 Å². The van der Waals surface area contributed by atoms with Gasteiger partial charge in [-0.1, -0.05) is 48.0 Å². The topological polar surface area (TPSA) is 73.3 Å². The van der Waals surface area contributed by atoms with Crippen molar-refractivity contribution in [2.75, 3.05) is 7.11 Å². The Bertz CT molecular complexity index is 1240. The van der Waals surface area contributed by atoms with Crippen molar-refractivity contribution in [3.63, 3.8) is 0 Å². The Balaban J connectivity index is 1.44. The van der Waals surface area contributed by atoms with E-state index in [1.807, 2.05) is 68.4 Å². The van der Waals surface area contributed by atoms with Crippen LogP contribution in [0.15, 0.2) is 85.1 Å². The fraction of sp³-hybridized carbons (Fsp3) is 0.148. The molecule has 1 unspecified atom stereocenters. The van der Waals surface area contributed by atoms with Crippen molar-refractivity contribution in [1.29, 1.82) is 0 Å². The van der Waals surface area contributed by atoms with Gasteiger partial charge in [-0.05, 0) is 43.7 Å². The maximum absolute atomic E-state index is 12.7. The molecular weight excluding hydrogens is 414 g/mol. The van der Waals surface area contributed by atoms with Gasteiger partial charge in [-0.3, -0.25) is 4.79 Å². The van der Waals surface area contributed by atoms with E-state index in [0.29, 0.717) is 28.8 Å². The molecule has 1 heterocycles. The number of aryl methyl sites for hydroxylation is 1. The van der Waals surface area contributed by atoms with Gasteiger partial charge in [-0.2, -0.15) is 4.98 Å². The van der Waals surface area contributed by atoms with Gasteiger partial charge in [-0.25, -0.2) is 4.98 Å². The molecule has 6 heteroatoms. The number of nitrogens with one attached hydrogen (secondary N) is 1. The van der Waals surface area contributed by atoms with Crippen LogP contribution in [0.1, 0.15) is 34.5 Å². The van der Waals surface area contributed by atoms with Gasteiger partial charge in [0.15, 0.2) is 5.82 Å². The predicted molar refractivity (Wildman–Crippen MR) is 128 cm³/mol. The molecule has 0 fully saturated rings. The minimum atomic E-state index is -0.134. The van der Waals surface area contributed by atoms with Gasteiger partial charge in [0.05, 0.1) is 13.2 Å². The predicted octanol–water partition coefficient (Wildman–Crippen LogP) is 5.74. The van der Waals surface area contributed by atoms with E-state index in [4.69, 9.17) is 9.47 Å². The quantitative estimate of drug-likeness (QED) is 0.397. The molecule has 0 aliphatic carbocycles. The summed E-state index contributed by atoms with van der Waals surface area (Å²) in [4.78, 5) is 21.5. The summed E-state index contributed by atoms with van der Waals surface area (Å²) in [6.07, 6.45) is 1.64. The summed E-state index contributed by atoms with van der Waals surface area (Å²) in [6, 6.07) is 24.2. The normalized spacial score (nSPS) is 11.5. The van der Waals surface area contributed by atoms with E-state index in [9.17, 15) is 4.79 Å². The second-order valence-corrected chi connectivity index (χ2v) is 7.68. The summed E-state index contributed by atoms with van der Waals surface area (Å²) in [5.41, 5.74) is 3.61. The molecule has 4 aromatic rings. The summed E-state index contributed by atoms with van der Waals surface area (Å²) in [7, 11) is 1.61. The Morgan fingerprint density at radius 3 is 2.39 bits per heavy atom. The zero-order chi connectivity index (χ0) is 23.2. The van der Waals surface area contributed by atoms with Crippen molar-refractivity contribution >= 4 is 5.91 Å². The van der Waals surface area contributed by atoms with Crippen molar-refractivity contribution in [3.8, 4) is 28.8 Å². The molecule has 1 aromatic heterocycles. The molecule has 33 heavy (non-hydrogen) atoms. The first-order valence-corrected chi connectivity index (χ1v) is 10.6. The van der Waals surface area contributed by atoms with Crippen LogP contribution in [-0.2, 0) is 0 Å². The van der Waals surface area contributed by atoms with E-state index in [1.54, 1.807) is 37.6 Å². The molecule has 4 rings (SSSR count). The largest absolute Gasteiger partial charge is 0.497 e. The van der Waals surface area contributed by atoms with E-state index in [0.717, 1.165) is 11.1 Å². The molecule has 1 amide bonds. The minimum absolute atomic E-state index is 0.0912. The number of methoxy groups -OCH3 is 1. The Hall–Kier alpha value is -4.19. The lowest BCUT2D eigenvalue weighted by molar-refractivity contribution is 0.0940. The second-order valence-electron chi connectivity index (χ2n) is 7.68. The number of hydrogen-bond acceptors (Lipinski definition) is 5. The van der Waals surface area contributed by atoms with Crippen LogP contribution in [0, 0.1) is 6.92 Å². The maximum atomic E-state index is 12.7. The third-order valence-electron chi connectivity index (χ3n) is 5.22. The van der Waals surface area contributed by atoms with E-state index >= 15 is 0 Å². The number of amides is 1. The molecule has 6 nitrogen and oxygen atoms in total. The molecule has 0 aliphatic rings. The van der Waals surface area contributed by atoms with E-state index in [1.165, 1.54) is 5.56 Å². The Kier molecular flexibility index (Phi) is 6.64. The van der Waals surface area contributed by atoms with E-state index in [2.05, 4.69) is 15.3 Å². The van der Waals surface area contributed by atoms with Gasteiger partial charge in [-0.15, -0.1) is 0 Å². The molecule has 1 N–H and O–H groups in total. The number of hydrogen-bond donors (Lipinski definition) is 1. The summed E-state index contributed by atoms with van der Waals surface area (Å²) < 4.78 is 11.1. The summed E-state index contributed by atoms with van der Waals surface area (Å²) in [5, 5.41) is 3.04. The average Bonchev–Trinajstić information content (AvgIpc) is 2.85. The third-order valence-corrected chi connectivity index (χ3v) is 5.22. The van der Waals surface area contributed by atoms with Gasteiger partial charge in [0.1, 0.15) is 11.5 Å². The zero-order valence-corrected chi connectivity index (χ0v) is 18.8. The number of carbonyl (C=O) groups is 1. The number of ether oxygens (including phenoxy) is 2. The number of benzene rings is 3. The van der Waals surface area contributed by atoms with Crippen molar-refractivity contribution in [1.82, 2.24) is 15.3 Å². The summed E-state index contributed by atoms with van der Waals surface area (Å²) >= 11 is 0. The smallest absolute Gasteiger partial charge is 0.251 e. The van der Waals surface area contributed by atoms with E-state index < -0.39 is 0 Å². The first-order valence-electron chi connectivity index (χ1n) is 10.6. The molecule has 1 atom stereocenters. The highest BCUT2D eigenvalue weighted by molar-refractivity contribution is 5.94. The average molecular weight is 440 g/mol. The van der Waals surface area contributed by atoms with Crippen LogP contribution in [0.2, 0.25) is 0 Å². The monoisotopic (exact) mass is 439 g/mol. The molecule has 0 saturated carbocycles. The number of nitrogens with zero attached hydrogens (tertiary/aromatic N) is 2. The molecule has 0 saturated heterocycles. The van der Waals surface area contributed by atoms with Crippen LogP contribution >= 0.6 is 0 Å². The number of aromatic nitrogens is 2. The lowest BCUT2D eigenvalue weighted by Crippen LogP contribution is -2.26. The van der Waals surface area contributed by atoms with Gasteiger partial charge >= 0.3 is 0 Å². The van der Waals surface area contributed by atoms with Gasteiger partial charge < -0.3 is 14.8 Å². The number of carbonyl (C=O) groups excluding carboxylic acids is 1. The molecule has 0 spiro atoms. The summed E-state index contributed by atoms with van der Waals surface area (Å²) in [5.74, 6) is 2.11. The molecule has 0 radical (unpaired) electrons. The minimum Gasteiger partial charge on any atom is -0.497 e. The molecule has 0 bridgehead atoms. The van der Waals surface area contributed by atoms with Crippen LogP contribution in [0.3, 0.4) is 0 Å². The maximum Gasteiger partial charge on any atom is 0.251 e. The molecule has 3 aromatic carbocycles. The molecule has 0 aliphatic heterocycles. The van der Waals surface area contributed by atoms with Gasteiger partial charge in [0.2, 0.25) is 5.88 Å². The highest BCUT2D eigenvalue weighted by Crippen LogP contribution is 2.25. The van der Waals surface area contributed by atoms with Crippen molar-refractivity contribution in [2.45, 2.75) is 19.9 Å². The van der Waals surface area contributed by atoms with Gasteiger partial charge in [0, 0.05) is 29.5 Å². The first-order chi connectivity index (χ1) is 16.0. The number of rotatable bonds is 7. The first kappa shape index (κ1) is 22.0. The SMILES string of the molecule is COc1cccc(Oc2ccnc(-c3ccc(C(=O)NC(C)c4ccc(C)cc4)cc3)n2)c1. The Morgan fingerprint density at radius 1 is 0.939 bits per heavy atom. The molecule has 166 valence electrons. The van der Waals surface area contributed by atoms with Gasteiger partial charge in [0.25, 0.3) is 5.91 Å². The Labute approximate surface area is 193 Å². The highest BCUT2D eigenvalue weighted by atomic mass is 16.5. The second kappa shape index (κ2) is 9.96. The van der Waals surface area contributed by atoms with Crippen LogP contribution in [0.5, 0.6) is 17.4 Å². The standard InChI is InChI=1S/C27H25N3O3/c1-18-7-9-20(10-8-18)19(2)29-27(31)22-13-11-21(12-14-22)26-28-16-15-25(30-26)33-24-6-4-5-23(17-24)32-3/h4-17,19H,1-3H3,(H,29,31). The van der Waals surface area contributed by atoms with E-state index in [-0.39, 0.29) is 11.9 Å². The Morgan fingerprint density at radius 2 is 1.67 bits per heavy atom. The lowest BCUT2D eigenvalue weighted by Gasteiger charge is -2.15. The van der Waals surface area contributed by atoms with Crippen molar-refractivity contribution < 1.29 is 14.3 Å². The third kappa shape index (κ3) is 5.54. The zero-order valence-electron chi connectivity index (χ0n) is 18.8. The van der Waals surface area contributed by atoms with Crippen LogP contribution < -0.4 is 14.8 Å². The fourth-order valence-corrected chi connectivity index (χ4v) is 3.31.